The molecule has 1 aromatic carbocycles. The maximum Gasteiger partial charge on any atom is 0.262 e. The molecular weight excluding hydrogens is 378 g/mol. The van der Waals surface area contributed by atoms with E-state index in [1.807, 2.05) is 50.4 Å². The molecule has 0 unspecified atom stereocenters. The summed E-state index contributed by atoms with van der Waals surface area (Å²) in [5, 5.41) is 8.76. The van der Waals surface area contributed by atoms with E-state index in [2.05, 4.69) is 15.8 Å². The third-order valence-corrected chi connectivity index (χ3v) is 5.20. The van der Waals surface area contributed by atoms with Gasteiger partial charge in [-0.2, -0.15) is 5.10 Å². The number of carbonyl (C=O) groups excluding carboxylic acids is 2. The molecule has 1 aliphatic heterocycles. The molecule has 8 heteroatoms. The van der Waals surface area contributed by atoms with E-state index in [1.165, 1.54) is 11.3 Å². The maximum absolute atomic E-state index is 12.5. The van der Waals surface area contributed by atoms with Crippen LogP contribution in [0, 0.1) is 12.8 Å². The first-order valence-corrected chi connectivity index (χ1v) is 9.87. The van der Waals surface area contributed by atoms with E-state index in [4.69, 9.17) is 9.47 Å². The van der Waals surface area contributed by atoms with E-state index in [0.717, 1.165) is 16.0 Å². The molecule has 2 N–H and O–H groups in total. The Morgan fingerprint density at radius 2 is 2.04 bits per heavy atom. The van der Waals surface area contributed by atoms with Gasteiger partial charge < -0.3 is 14.8 Å². The molecule has 0 radical (unpaired) electrons. The molecule has 2 heterocycles. The van der Waals surface area contributed by atoms with Gasteiger partial charge in [0.2, 0.25) is 12.7 Å². The normalized spacial score (nSPS) is 13.7. The van der Waals surface area contributed by atoms with Gasteiger partial charge in [0.1, 0.15) is 6.04 Å². The van der Waals surface area contributed by atoms with Gasteiger partial charge in [-0.1, -0.05) is 19.9 Å². The van der Waals surface area contributed by atoms with Crippen molar-refractivity contribution in [2.24, 2.45) is 11.0 Å². The molecule has 1 aromatic heterocycles. The zero-order chi connectivity index (χ0) is 20.1. The first kappa shape index (κ1) is 19.9. The number of hydrazone groups is 1. The monoisotopic (exact) mass is 401 g/mol. The van der Waals surface area contributed by atoms with E-state index >= 15 is 0 Å². The Labute approximate surface area is 167 Å². The van der Waals surface area contributed by atoms with Crippen LogP contribution in [0.1, 0.15) is 29.9 Å². The second kappa shape index (κ2) is 8.88. The molecule has 1 aliphatic rings. The van der Waals surface area contributed by atoms with Crippen molar-refractivity contribution in [1.29, 1.82) is 0 Å². The fourth-order valence-corrected chi connectivity index (χ4v) is 3.47. The fourth-order valence-electron chi connectivity index (χ4n) is 2.76. The molecule has 2 aromatic rings. The number of aryl methyl sites for hydroxylation is 1. The van der Waals surface area contributed by atoms with E-state index in [9.17, 15) is 9.59 Å². The fraction of sp³-hybridized carbons (Fsp3) is 0.350. The van der Waals surface area contributed by atoms with Gasteiger partial charge in [-0.25, -0.2) is 5.43 Å². The lowest BCUT2D eigenvalue weighted by Gasteiger charge is -2.20. The lowest BCUT2D eigenvalue weighted by Crippen LogP contribution is -2.49. The predicted octanol–water partition coefficient (Wildman–Crippen LogP) is 2.62. The number of hydrogen-bond acceptors (Lipinski definition) is 6. The summed E-state index contributed by atoms with van der Waals surface area (Å²) in [4.78, 5) is 25.7. The highest BCUT2D eigenvalue weighted by atomic mass is 32.1. The topological polar surface area (TPSA) is 89.0 Å². The van der Waals surface area contributed by atoms with Crippen LogP contribution in [0.3, 0.4) is 0 Å². The second-order valence-electron chi connectivity index (χ2n) is 6.84. The summed E-state index contributed by atoms with van der Waals surface area (Å²) < 4.78 is 10.7. The molecule has 2 amide bonds. The third-order valence-electron chi connectivity index (χ3n) is 4.32. The van der Waals surface area contributed by atoms with E-state index in [1.54, 1.807) is 6.21 Å². The lowest BCUT2D eigenvalue weighted by molar-refractivity contribution is -0.129. The summed E-state index contributed by atoms with van der Waals surface area (Å²) in [5.41, 5.74) is 4.28. The van der Waals surface area contributed by atoms with Crippen molar-refractivity contribution in [2.45, 2.75) is 33.2 Å². The molecule has 148 valence electrons. The molecule has 0 bridgehead atoms. The van der Waals surface area contributed by atoms with Crippen LogP contribution >= 0.6 is 11.3 Å². The minimum absolute atomic E-state index is 0.0743. The van der Waals surface area contributed by atoms with Crippen molar-refractivity contribution in [3.63, 3.8) is 0 Å². The van der Waals surface area contributed by atoms with Gasteiger partial charge in [0.25, 0.3) is 5.91 Å². The minimum atomic E-state index is -0.664. The van der Waals surface area contributed by atoms with Crippen LogP contribution in [-0.2, 0) is 16.0 Å². The minimum Gasteiger partial charge on any atom is -0.454 e. The van der Waals surface area contributed by atoms with Crippen LogP contribution in [0.25, 0.3) is 0 Å². The second-order valence-corrected chi connectivity index (χ2v) is 7.87. The van der Waals surface area contributed by atoms with Gasteiger partial charge in [0.05, 0.1) is 12.6 Å². The number of nitrogens with zero attached hydrogens (tertiary/aromatic N) is 1. The molecule has 0 saturated carbocycles. The number of benzene rings is 1. The summed E-state index contributed by atoms with van der Waals surface area (Å²) in [6.07, 6.45) is 1.81. The van der Waals surface area contributed by atoms with Gasteiger partial charge in [-0.05, 0) is 42.0 Å². The van der Waals surface area contributed by atoms with Crippen molar-refractivity contribution < 1.29 is 19.1 Å². The lowest BCUT2D eigenvalue weighted by atomic mass is 10.0. The van der Waals surface area contributed by atoms with Gasteiger partial charge in [0.15, 0.2) is 11.5 Å². The zero-order valence-electron chi connectivity index (χ0n) is 16.0. The third kappa shape index (κ3) is 4.89. The zero-order valence-corrected chi connectivity index (χ0v) is 16.8. The Kier molecular flexibility index (Phi) is 6.30. The Bertz CT molecular complexity index is 878. The molecule has 0 fully saturated rings. The largest absolute Gasteiger partial charge is 0.454 e. The highest BCUT2D eigenvalue weighted by Crippen LogP contribution is 2.34. The summed E-state index contributed by atoms with van der Waals surface area (Å²) in [6.45, 7) is 5.88. The Hall–Kier alpha value is -2.87. The Morgan fingerprint density at radius 1 is 1.29 bits per heavy atom. The average molecular weight is 401 g/mol. The van der Waals surface area contributed by atoms with Crippen LogP contribution in [0.15, 0.2) is 34.7 Å². The van der Waals surface area contributed by atoms with E-state index in [0.29, 0.717) is 11.5 Å². The van der Waals surface area contributed by atoms with Crippen molar-refractivity contribution in [1.82, 2.24) is 10.7 Å². The number of ether oxygens (including phenoxy) is 2. The van der Waals surface area contributed by atoms with Gasteiger partial charge in [-0.15, -0.1) is 11.3 Å². The molecule has 1 atom stereocenters. The molecule has 3 rings (SSSR count). The highest BCUT2D eigenvalue weighted by molar-refractivity contribution is 7.10. The summed E-state index contributed by atoms with van der Waals surface area (Å²) in [5.74, 6) is 0.733. The van der Waals surface area contributed by atoms with Crippen LogP contribution in [-0.4, -0.2) is 30.9 Å². The van der Waals surface area contributed by atoms with Crippen LogP contribution in [0.4, 0.5) is 0 Å². The molecule has 0 saturated heterocycles. The van der Waals surface area contributed by atoms with Crippen molar-refractivity contribution >= 4 is 29.4 Å². The Morgan fingerprint density at radius 3 is 2.71 bits per heavy atom. The average Bonchev–Trinajstić information content (AvgIpc) is 3.30. The van der Waals surface area contributed by atoms with Crippen molar-refractivity contribution in [2.75, 3.05) is 6.79 Å². The number of fused-ring (bicyclic) bond motifs is 1. The number of rotatable bonds is 7. The first-order valence-electron chi connectivity index (χ1n) is 8.99. The number of hydrogen-bond donors (Lipinski definition) is 2. The molecule has 0 aliphatic carbocycles. The number of amides is 2. The van der Waals surface area contributed by atoms with Crippen molar-refractivity contribution in [3.8, 4) is 11.5 Å². The molecular formula is C20H23N3O4S. The summed E-state index contributed by atoms with van der Waals surface area (Å²) in [6, 6.07) is 6.81. The van der Waals surface area contributed by atoms with Crippen molar-refractivity contribution in [3.05, 3.63) is 45.6 Å². The number of thiophene rings is 1. The first-order chi connectivity index (χ1) is 13.4. The number of carbonyl (C=O) groups is 2. The quantitative estimate of drug-likeness (QED) is 0.551. The number of nitrogens with one attached hydrogen (secondary N) is 2. The van der Waals surface area contributed by atoms with E-state index < -0.39 is 6.04 Å². The molecule has 7 nitrogen and oxygen atoms in total. The summed E-state index contributed by atoms with van der Waals surface area (Å²) >= 11 is 1.51. The summed E-state index contributed by atoms with van der Waals surface area (Å²) in [7, 11) is 0. The van der Waals surface area contributed by atoms with Crippen LogP contribution in [0.2, 0.25) is 0 Å². The van der Waals surface area contributed by atoms with Gasteiger partial charge in [0, 0.05) is 10.4 Å². The van der Waals surface area contributed by atoms with Crippen LogP contribution < -0.4 is 20.2 Å². The smallest absolute Gasteiger partial charge is 0.262 e. The molecule has 0 spiro atoms. The maximum atomic E-state index is 12.5. The van der Waals surface area contributed by atoms with E-state index in [-0.39, 0.29) is 30.9 Å². The predicted molar refractivity (Wildman–Crippen MR) is 108 cm³/mol. The van der Waals surface area contributed by atoms with Gasteiger partial charge >= 0.3 is 0 Å². The van der Waals surface area contributed by atoms with Crippen LogP contribution in [0.5, 0.6) is 11.5 Å². The SMILES string of the molecule is Cc1cc2c(cc1/C=N\NC(=O)[C@H](NC(=O)Cc1cccs1)C(C)C)OCO2. The Balaban J connectivity index is 1.59. The standard InChI is InChI=1S/C20H23N3O4S/c1-12(2)19(22-18(24)9-15-5-4-6-28-15)20(25)23-21-10-14-8-17-16(7-13(14)3)26-11-27-17/h4-8,10,12,19H,9,11H2,1-3H3,(H,22,24)(H,23,25)/b21-10-/t19-/m1/s1. The highest BCUT2D eigenvalue weighted by Gasteiger charge is 2.24. The van der Waals surface area contributed by atoms with Gasteiger partial charge in [-0.3, -0.25) is 9.59 Å². The molecule has 28 heavy (non-hydrogen) atoms.